The number of rotatable bonds is 3. The zero-order chi connectivity index (χ0) is 13.9. The maximum absolute atomic E-state index is 13.6. The monoisotopic (exact) mass is 289 g/mol. The summed E-state index contributed by atoms with van der Waals surface area (Å²) in [5, 5.41) is 11.8. The molecule has 0 aliphatic rings. The summed E-state index contributed by atoms with van der Waals surface area (Å²) in [6, 6.07) is 6.24. The van der Waals surface area contributed by atoms with E-state index in [-0.39, 0.29) is 11.6 Å². The molecule has 6 nitrogen and oxygen atoms in total. The Morgan fingerprint density at radius 2 is 2.20 bits per heavy atom. The van der Waals surface area contributed by atoms with Crippen molar-refractivity contribution < 1.29 is 9.18 Å². The summed E-state index contributed by atoms with van der Waals surface area (Å²) in [5.41, 5.74) is 0.989. The third-order valence-corrected chi connectivity index (χ3v) is 3.04. The van der Waals surface area contributed by atoms with Crippen LogP contribution in [0.3, 0.4) is 0 Å². The Hall–Kier alpha value is -2.61. The average molecular weight is 289 g/mol. The van der Waals surface area contributed by atoms with Gasteiger partial charge in [0.15, 0.2) is 5.69 Å². The summed E-state index contributed by atoms with van der Waals surface area (Å²) in [5.74, 6) is -0.774. The molecule has 20 heavy (non-hydrogen) atoms. The number of hydrogen-bond acceptors (Lipinski definition) is 5. The lowest BCUT2D eigenvalue weighted by molar-refractivity contribution is 0.102. The molecule has 1 aromatic carbocycles. The van der Waals surface area contributed by atoms with Crippen molar-refractivity contribution in [1.29, 1.82) is 0 Å². The van der Waals surface area contributed by atoms with Gasteiger partial charge in [0.05, 0.1) is 18.1 Å². The largest absolute Gasteiger partial charge is 0.318 e. The quantitative estimate of drug-likeness (QED) is 0.801. The van der Waals surface area contributed by atoms with Crippen molar-refractivity contribution in [1.82, 2.24) is 19.4 Å². The number of carbonyl (C=O) groups is 1. The Kier molecular flexibility index (Phi) is 3.21. The van der Waals surface area contributed by atoms with Crippen molar-refractivity contribution in [3.05, 3.63) is 53.6 Å². The molecule has 0 aliphatic heterocycles. The lowest BCUT2D eigenvalue weighted by atomic mass is 10.3. The Balaban J connectivity index is 1.81. The molecular formula is C12H8FN5OS. The molecule has 0 fully saturated rings. The van der Waals surface area contributed by atoms with E-state index in [1.165, 1.54) is 28.5 Å². The minimum Gasteiger partial charge on any atom is -0.318 e. The number of nitrogens with one attached hydrogen (secondary N) is 1. The van der Waals surface area contributed by atoms with Crippen molar-refractivity contribution in [3.63, 3.8) is 0 Å². The van der Waals surface area contributed by atoms with Gasteiger partial charge in [0.1, 0.15) is 11.5 Å². The molecule has 100 valence electrons. The lowest BCUT2D eigenvalue weighted by Gasteiger charge is -2.01. The second-order valence-corrected chi connectivity index (χ2v) is 4.48. The van der Waals surface area contributed by atoms with E-state index in [0.717, 1.165) is 11.5 Å². The molecule has 0 unspecified atom stereocenters. The molecule has 3 rings (SSSR count). The van der Waals surface area contributed by atoms with Gasteiger partial charge in [-0.3, -0.25) is 4.79 Å². The number of aromatic nitrogens is 4. The van der Waals surface area contributed by atoms with Crippen LogP contribution >= 0.6 is 11.5 Å². The van der Waals surface area contributed by atoms with Crippen LogP contribution in [0.15, 0.2) is 42.0 Å². The molecule has 1 amide bonds. The fourth-order valence-corrected chi connectivity index (χ4v) is 2.05. The van der Waals surface area contributed by atoms with E-state index < -0.39 is 5.82 Å². The number of amides is 1. The fraction of sp³-hybridized carbons (Fsp3) is 0. The average Bonchev–Trinajstić information content (AvgIpc) is 3.10. The second-order valence-electron chi connectivity index (χ2n) is 3.87. The third-order valence-electron chi connectivity index (χ3n) is 2.53. The molecule has 3 aromatic rings. The molecule has 0 radical (unpaired) electrons. The van der Waals surface area contributed by atoms with Crippen LogP contribution in [0.5, 0.6) is 0 Å². The van der Waals surface area contributed by atoms with Crippen molar-refractivity contribution >= 4 is 23.1 Å². The highest BCUT2D eigenvalue weighted by Crippen LogP contribution is 2.15. The summed E-state index contributed by atoms with van der Waals surface area (Å²) in [7, 11) is 0. The molecule has 0 spiro atoms. The Morgan fingerprint density at radius 3 is 2.95 bits per heavy atom. The van der Waals surface area contributed by atoms with Crippen molar-refractivity contribution in [2.24, 2.45) is 0 Å². The van der Waals surface area contributed by atoms with E-state index in [2.05, 4.69) is 20.0 Å². The van der Waals surface area contributed by atoms with Gasteiger partial charge in [-0.15, -0.1) is 5.10 Å². The van der Waals surface area contributed by atoms with Crippen LogP contribution < -0.4 is 5.32 Å². The zero-order valence-electron chi connectivity index (χ0n) is 10.0. The molecule has 0 bridgehead atoms. The standard InChI is InChI=1S/C12H8FN5OS/c13-9-3-1-2-4-11(9)18-6-8(5-14-18)15-12(19)10-7-20-17-16-10/h1-7H,(H,15,19). The molecule has 0 saturated carbocycles. The summed E-state index contributed by atoms with van der Waals surface area (Å²) in [4.78, 5) is 11.8. The van der Waals surface area contributed by atoms with Gasteiger partial charge in [-0.1, -0.05) is 16.6 Å². The third kappa shape index (κ3) is 2.41. The van der Waals surface area contributed by atoms with Gasteiger partial charge < -0.3 is 5.32 Å². The predicted octanol–water partition coefficient (Wildman–Crippen LogP) is 2.12. The molecule has 8 heteroatoms. The summed E-state index contributed by atoms with van der Waals surface area (Å²) < 4.78 is 18.6. The molecule has 0 atom stereocenters. The predicted molar refractivity (Wildman–Crippen MR) is 71.4 cm³/mol. The summed E-state index contributed by atoms with van der Waals surface area (Å²) in [6.07, 6.45) is 2.96. The smallest absolute Gasteiger partial charge is 0.277 e. The normalized spacial score (nSPS) is 10.4. The van der Waals surface area contributed by atoms with Crippen LogP contribution in [0.25, 0.3) is 5.69 Å². The van der Waals surface area contributed by atoms with Crippen molar-refractivity contribution in [3.8, 4) is 5.69 Å². The van der Waals surface area contributed by atoms with Crippen LogP contribution in [0.4, 0.5) is 10.1 Å². The van der Waals surface area contributed by atoms with Gasteiger partial charge >= 0.3 is 0 Å². The topological polar surface area (TPSA) is 72.7 Å². The van der Waals surface area contributed by atoms with Gasteiger partial charge in [0.2, 0.25) is 0 Å². The SMILES string of the molecule is O=C(Nc1cnn(-c2ccccc2F)c1)c1csnn1. The molecule has 0 saturated heterocycles. The molecule has 0 aliphatic carbocycles. The van der Waals surface area contributed by atoms with Gasteiger partial charge in [-0.25, -0.2) is 9.07 Å². The van der Waals surface area contributed by atoms with Gasteiger partial charge in [-0.05, 0) is 23.7 Å². The van der Waals surface area contributed by atoms with E-state index in [9.17, 15) is 9.18 Å². The zero-order valence-corrected chi connectivity index (χ0v) is 10.8. The number of halogens is 1. The molecule has 2 aromatic heterocycles. The van der Waals surface area contributed by atoms with Gasteiger partial charge in [-0.2, -0.15) is 5.10 Å². The number of anilines is 1. The van der Waals surface area contributed by atoms with Crippen molar-refractivity contribution in [2.75, 3.05) is 5.32 Å². The van der Waals surface area contributed by atoms with E-state index >= 15 is 0 Å². The number of hydrogen-bond donors (Lipinski definition) is 1. The maximum atomic E-state index is 13.6. The first-order chi connectivity index (χ1) is 9.74. The van der Waals surface area contributed by atoms with E-state index in [1.807, 2.05) is 0 Å². The van der Waals surface area contributed by atoms with E-state index in [1.54, 1.807) is 18.2 Å². The number of carbonyl (C=O) groups excluding carboxylic acids is 1. The van der Waals surface area contributed by atoms with Gasteiger partial charge in [0, 0.05) is 5.38 Å². The van der Waals surface area contributed by atoms with Crippen LogP contribution in [0, 0.1) is 5.82 Å². The molecule has 2 heterocycles. The summed E-state index contributed by atoms with van der Waals surface area (Å²) in [6.45, 7) is 0. The van der Waals surface area contributed by atoms with Crippen LogP contribution in [0.2, 0.25) is 0 Å². The van der Waals surface area contributed by atoms with Crippen molar-refractivity contribution in [2.45, 2.75) is 0 Å². The lowest BCUT2D eigenvalue weighted by Crippen LogP contribution is -2.11. The number of nitrogens with zero attached hydrogens (tertiary/aromatic N) is 4. The maximum Gasteiger partial charge on any atom is 0.277 e. The van der Waals surface area contributed by atoms with Crippen LogP contribution in [-0.2, 0) is 0 Å². The first-order valence-electron chi connectivity index (χ1n) is 5.62. The van der Waals surface area contributed by atoms with E-state index in [4.69, 9.17) is 0 Å². The first-order valence-corrected chi connectivity index (χ1v) is 6.45. The first kappa shape index (κ1) is 12.4. The molecular weight excluding hydrogens is 281 g/mol. The van der Waals surface area contributed by atoms with Crippen LogP contribution in [-0.4, -0.2) is 25.3 Å². The summed E-state index contributed by atoms with van der Waals surface area (Å²) >= 11 is 1.09. The van der Waals surface area contributed by atoms with Gasteiger partial charge in [0.25, 0.3) is 5.91 Å². The highest BCUT2D eigenvalue weighted by molar-refractivity contribution is 7.03. The second kappa shape index (κ2) is 5.17. The highest BCUT2D eigenvalue weighted by Gasteiger charge is 2.11. The fourth-order valence-electron chi connectivity index (χ4n) is 1.62. The highest BCUT2D eigenvalue weighted by atomic mass is 32.1. The Bertz CT molecular complexity index is 740. The number of benzene rings is 1. The van der Waals surface area contributed by atoms with E-state index in [0.29, 0.717) is 11.4 Å². The Labute approximate surface area is 117 Å². The Morgan fingerprint density at radius 1 is 1.35 bits per heavy atom. The minimum atomic E-state index is -0.392. The minimum absolute atomic E-state index is 0.230. The number of para-hydroxylation sites is 1. The van der Waals surface area contributed by atoms with Crippen LogP contribution in [0.1, 0.15) is 10.5 Å². The molecule has 1 N–H and O–H groups in total.